The van der Waals surface area contributed by atoms with E-state index in [-0.39, 0.29) is 6.61 Å². The highest BCUT2D eigenvalue weighted by atomic mass is 19.4. The summed E-state index contributed by atoms with van der Waals surface area (Å²) in [6, 6.07) is 7.17. The van der Waals surface area contributed by atoms with Gasteiger partial charge in [0.15, 0.2) is 0 Å². The third-order valence-corrected chi connectivity index (χ3v) is 4.48. The van der Waals surface area contributed by atoms with E-state index in [0.717, 1.165) is 14.0 Å². The van der Waals surface area contributed by atoms with Crippen LogP contribution in [0, 0.1) is 11.8 Å². The molecule has 5 nitrogen and oxygen atoms in total. The number of carbonyl (C=O) groups excluding carboxylic acids is 2. The van der Waals surface area contributed by atoms with Crippen molar-refractivity contribution in [2.75, 3.05) is 13.7 Å². The fourth-order valence-electron chi connectivity index (χ4n) is 3.44. The molecule has 0 spiro atoms. The number of esters is 2. The van der Waals surface area contributed by atoms with Crippen molar-refractivity contribution in [3.05, 3.63) is 35.9 Å². The van der Waals surface area contributed by atoms with Crippen molar-refractivity contribution in [3.63, 3.8) is 0 Å². The summed E-state index contributed by atoms with van der Waals surface area (Å²) in [5.74, 6) is -5.97. The lowest BCUT2D eigenvalue weighted by atomic mass is 9.78. The van der Waals surface area contributed by atoms with Crippen LogP contribution in [0.3, 0.4) is 0 Å². The first-order valence-electron chi connectivity index (χ1n) is 7.81. The zero-order valence-corrected chi connectivity index (χ0v) is 14.1. The molecule has 4 atom stereocenters. The van der Waals surface area contributed by atoms with E-state index < -0.39 is 41.5 Å². The Balaban J connectivity index is 2.60. The van der Waals surface area contributed by atoms with Crippen molar-refractivity contribution in [3.8, 4) is 0 Å². The molecule has 138 valence electrons. The van der Waals surface area contributed by atoms with E-state index in [2.05, 4.69) is 10.1 Å². The molecule has 0 unspecified atom stereocenters. The first-order chi connectivity index (χ1) is 11.7. The number of methoxy groups -OCH3 is 1. The van der Waals surface area contributed by atoms with Gasteiger partial charge in [-0.15, -0.1) is 0 Å². The summed E-state index contributed by atoms with van der Waals surface area (Å²) < 4.78 is 51.0. The van der Waals surface area contributed by atoms with Gasteiger partial charge in [-0.2, -0.15) is 13.2 Å². The molecule has 8 heteroatoms. The Morgan fingerprint density at radius 3 is 2.32 bits per heavy atom. The average molecular weight is 359 g/mol. The standard InChI is InChI=1S/C17H20F3NO4/c1-4-25-14(22)11-12(10-8-6-5-7-9-10)21-16(2,15(23)24-3)13(11)17(18,19)20/h5-9,11-13,21H,4H2,1-3H3/t11-,12+,13+,16+/m1/s1. The summed E-state index contributed by atoms with van der Waals surface area (Å²) in [5.41, 5.74) is -1.65. The van der Waals surface area contributed by atoms with Gasteiger partial charge in [-0.3, -0.25) is 14.9 Å². The SMILES string of the molecule is CCOC(=O)[C@H]1[C@H](C(F)(F)F)[C@@](C)(C(=O)OC)N[C@H]1c1ccccc1. The van der Waals surface area contributed by atoms with E-state index in [1.807, 2.05) is 0 Å². The van der Waals surface area contributed by atoms with Crippen LogP contribution in [0.2, 0.25) is 0 Å². The first-order valence-corrected chi connectivity index (χ1v) is 7.81. The van der Waals surface area contributed by atoms with Crippen molar-refractivity contribution in [1.29, 1.82) is 0 Å². The number of nitrogens with one attached hydrogen (secondary N) is 1. The summed E-state index contributed by atoms with van der Waals surface area (Å²) in [4.78, 5) is 24.5. The van der Waals surface area contributed by atoms with Gasteiger partial charge in [-0.25, -0.2) is 0 Å². The number of hydrogen-bond acceptors (Lipinski definition) is 5. The van der Waals surface area contributed by atoms with Gasteiger partial charge in [-0.05, 0) is 19.4 Å². The van der Waals surface area contributed by atoms with Crippen LogP contribution < -0.4 is 5.32 Å². The van der Waals surface area contributed by atoms with Crippen molar-refractivity contribution in [2.45, 2.75) is 31.6 Å². The summed E-state index contributed by atoms with van der Waals surface area (Å²) >= 11 is 0. The summed E-state index contributed by atoms with van der Waals surface area (Å²) in [6.45, 7) is 2.56. The van der Waals surface area contributed by atoms with E-state index in [1.165, 1.54) is 6.92 Å². The van der Waals surface area contributed by atoms with Gasteiger partial charge in [0.25, 0.3) is 0 Å². The molecule has 1 saturated heterocycles. The van der Waals surface area contributed by atoms with E-state index in [0.29, 0.717) is 5.56 Å². The first kappa shape index (κ1) is 19.2. The fraction of sp³-hybridized carbons (Fsp3) is 0.529. The summed E-state index contributed by atoms with van der Waals surface area (Å²) in [6.07, 6.45) is -4.81. The molecule has 1 N–H and O–H groups in total. The number of ether oxygens (including phenoxy) is 2. The van der Waals surface area contributed by atoms with Crippen molar-refractivity contribution in [1.82, 2.24) is 5.32 Å². The monoisotopic (exact) mass is 359 g/mol. The third kappa shape index (κ3) is 3.49. The number of halogens is 3. The van der Waals surface area contributed by atoms with Crippen LogP contribution in [0.4, 0.5) is 13.2 Å². The van der Waals surface area contributed by atoms with Gasteiger partial charge >= 0.3 is 18.1 Å². The number of carbonyl (C=O) groups is 2. The molecule has 0 amide bonds. The van der Waals surface area contributed by atoms with Gasteiger partial charge < -0.3 is 9.47 Å². The van der Waals surface area contributed by atoms with Gasteiger partial charge in [0.2, 0.25) is 0 Å². The van der Waals surface area contributed by atoms with E-state index in [9.17, 15) is 22.8 Å². The molecule has 1 aromatic rings. The van der Waals surface area contributed by atoms with Gasteiger partial charge in [0.1, 0.15) is 5.54 Å². The lowest BCUT2D eigenvalue weighted by Gasteiger charge is -2.31. The maximum atomic E-state index is 13.8. The van der Waals surface area contributed by atoms with Crippen LogP contribution >= 0.6 is 0 Å². The molecule has 0 bridgehead atoms. The fourth-order valence-corrected chi connectivity index (χ4v) is 3.44. The maximum absolute atomic E-state index is 13.8. The van der Waals surface area contributed by atoms with Gasteiger partial charge in [-0.1, -0.05) is 30.3 Å². The minimum absolute atomic E-state index is 0.0592. The number of hydrogen-bond donors (Lipinski definition) is 1. The molecule has 0 saturated carbocycles. The molecule has 2 rings (SSSR count). The van der Waals surface area contributed by atoms with E-state index >= 15 is 0 Å². The third-order valence-electron chi connectivity index (χ3n) is 4.48. The molecule has 1 heterocycles. The zero-order valence-electron chi connectivity index (χ0n) is 14.1. The minimum Gasteiger partial charge on any atom is -0.468 e. The summed E-state index contributed by atoms with van der Waals surface area (Å²) in [7, 11) is 1.01. The molecule has 1 aliphatic heterocycles. The van der Waals surface area contributed by atoms with Crippen LogP contribution in [0.5, 0.6) is 0 Å². The molecule has 0 aliphatic carbocycles. The lowest BCUT2D eigenvalue weighted by Crippen LogP contribution is -2.55. The Morgan fingerprint density at radius 2 is 1.84 bits per heavy atom. The minimum atomic E-state index is -4.81. The second kappa shape index (κ2) is 7.03. The van der Waals surface area contributed by atoms with Crippen LogP contribution in [0.1, 0.15) is 25.5 Å². The Hall–Kier alpha value is -2.09. The second-order valence-electron chi connectivity index (χ2n) is 6.02. The van der Waals surface area contributed by atoms with Crippen molar-refractivity contribution >= 4 is 11.9 Å². The number of benzene rings is 1. The number of alkyl halides is 3. The Labute approximate surface area is 143 Å². The van der Waals surface area contributed by atoms with Crippen LogP contribution in [-0.4, -0.2) is 37.4 Å². The topological polar surface area (TPSA) is 64.6 Å². The average Bonchev–Trinajstić information content (AvgIpc) is 2.90. The van der Waals surface area contributed by atoms with Gasteiger partial charge in [0.05, 0.1) is 25.6 Å². The van der Waals surface area contributed by atoms with Crippen molar-refractivity contribution in [2.24, 2.45) is 11.8 Å². The molecular formula is C17H20F3NO4. The van der Waals surface area contributed by atoms with E-state index in [4.69, 9.17) is 4.74 Å². The highest BCUT2D eigenvalue weighted by Gasteiger charge is 2.68. The lowest BCUT2D eigenvalue weighted by molar-refractivity contribution is -0.210. The van der Waals surface area contributed by atoms with Crippen LogP contribution in [0.15, 0.2) is 30.3 Å². The molecule has 25 heavy (non-hydrogen) atoms. The van der Waals surface area contributed by atoms with Gasteiger partial charge in [0, 0.05) is 6.04 Å². The van der Waals surface area contributed by atoms with Crippen molar-refractivity contribution < 1.29 is 32.2 Å². The van der Waals surface area contributed by atoms with Crippen LogP contribution in [0.25, 0.3) is 0 Å². The quantitative estimate of drug-likeness (QED) is 0.838. The normalized spacial score (nSPS) is 29.3. The molecular weight excluding hydrogens is 339 g/mol. The smallest absolute Gasteiger partial charge is 0.395 e. The Kier molecular flexibility index (Phi) is 5.41. The second-order valence-corrected chi connectivity index (χ2v) is 6.02. The maximum Gasteiger partial charge on any atom is 0.395 e. The zero-order chi connectivity index (χ0) is 18.8. The molecule has 1 aromatic carbocycles. The molecule has 1 fully saturated rings. The predicted molar refractivity (Wildman–Crippen MR) is 82.4 cm³/mol. The Bertz CT molecular complexity index is 635. The largest absolute Gasteiger partial charge is 0.468 e. The highest BCUT2D eigenvalue weighted by Crippen LogP contribution is 2.51. The van der Waals surface area contributed by atoms with Crippen LogP contribution in [-0.2, 0) is 19.1 Å². The molecule has 1 aliphatic rings. The number of rotatable bonds is 4. The highest BCUT2D eigenvalue weighted by molar-refractivity contribution is 5.85. The Morgan fingerprint density at radius 1 is 1.24 bits per heavy atom. The molecule has 0 aromatic heterocycles. The van der Waals surface area contributed by atoms with E-state index in [1.54, 1.807) is 30.3 Å². The summed E-state index contributed by atoms with van der Waals surface area (Å²) in [5, 5.41) is 2.68. The molecule has 0 radical (unpaired) electrons. The predicted octanol–water partition coefficient (Wildman–Crippen LogP) is 2.62.